The molecule has 1 atom stereocenters. The van der Waals surface area contributed by atoms with Crippen molar-refractivity contribution in [2.24, 2.45) is 7.05 Å². The summed E-state index contributed by atoms with van der Waals surface area (Å²) in [6.45, 7) is -0.311. The van der Waals surface area contributed by atoms with Crippen molar-refractivity contribution in [2.75, 3.05) is 6.54 Å². The summed E-state index contributed by atoms with van der Waals surface area (Å²) in [5.74, 6) is -0.491. The number of halogens is 3. The first kappa shape index (κ1) is 17.1. The lowest BCUT2D eigenvalue weighted by Crippen LogP contribution is -2.45. The van der Waals surface area contributed by atoms with Crippen LogP contribution in [0.4, 0.5) is 13.2 Å². The summed E-state index contributed by atoms with van der Waals surface area (Å²) >= 11 is 0. The lowest BCUT2D eigenvalue weighted by molar-refractivity contribution is -0.268. The van der Waals surface area contributed by atoms with E-state index in [9.17, 15) is 23.1 Å². The molecule has 0 aliphatic heterocycles. The Labute approximate surface area is 131 Å². The molecule has 2 rings (SSSR count). The van der Waals surface area contributed by atoms with Crippen molar-refractivity contribution in [1.82, 2.24) is 9.88 Å². The van der Waals surface area contributed by atoms with Crippen LogP contribution < -0.4 is 5.32 Å². The van der Waals surface area contributed by atoms with Crippen molar-refractivity contribution in [2.45, 2.75) is 18.2 Å². The number of carbonyl (C=O) groups is 1. The minimum absolute atomic E-state index is 0.249. The zero-order valence-electron chi connectivity index (χ0n) is 12.5. The van der Waals surface area contributed by atoms with Gasteiger partial charge >= 0.3 is 6.18 Å². The molecule has 2 N–H and O–H groups in total. The van der Waals surface area contributed by atoms with Crippen LogP contribution in [0.3, 0.4) is 0 Å². The van der Waals surface area contributed by atoms with E-state index in [1.807, 2.05) is 0 Å². The summed E-state index contributed by atoms with van der Waals surface area (Å²) < 4.78 is 41.4. The number of aliphatic hydroxyl groups is 1. The first-order valence-electron chi connectivity index (χ1n) is 7.00. The van der Waals surface area contributed by atoms with Gasteiger partial charge in [-0.1, -0.05) is 30.3 Å². The molecule has 0 aliphatic rings. The second kappa shape index (κ2) is 6.45. The first-order chi connectivity index (χ1) is 10.8. The smallest absolute Gasteiger partial charge is 0.376 e. The van der Waals surface area contributed by atoms with E-state index < -0.39 is 24.1 Å². The van der Waals surface area contributed by atoms with Crippen LogP contribution in [-0.4, -0.2) is 28.3 Å². The van der Waals surface area contributed by atoms with Crippen molar-refractivity contribution in [3.63, 3.8) is 0 Å². The van der Waals surface area contributed by atoms with E-state index in [1.54, 1.807) is 36.0 Å². The molecule has 0 radical (unpaired) electrons. The highest BCUT2D eigenvalue weighted by molar-refractivity contribution is 5.92. The third kappa shape index (κ3) is 3.56. The zero-order chi connectivity index (χ0) is 17.1. The molecule has 1 heterocycles. The van der Waals surface area contributed by atoms with Gasteiger partial charge in [-0.25, -0.2) is 0 Å². The Morgan fingerprint density at radius 3 is 2.35 bits per heavy atom. The molecule has 23 heavy (non-hydrogen) atoms. The largest absolute Gasteiger partial charge is 0.421 e. The highest BCUT2D eigenvalue weighted by atomic mass is 19.4. The Morgan fingerprint density at radius 2 is 1.83 bits per heavy atom. The van der Waals surface area contributed by atoms with Gasteiger partial charge in [-0.2, -0.15) is 13.2 Å². The molecule has 7 heteroatoms. The van der Waals surface area contributed by atoms with Crippen molar-refractivity contribution in [1.29, 1.82) is 0 Å². The monoisotopic (exact) mass is 326 g/mol. The summed E-state index contributed by atoms with van der Waals surface area (Å²) in [6, 6.07) is 10.1. The van der Waals surface area contributed by atoms with Crippen LogP contribution in [-0.2, 0) is 12.6 Å². The zero-order valence-corrected chi connectivity index (χ0v) is 12.5. The Morgan fingerprint density at radius 1 is 1.17 bits per heavy atom. The predicted octanol–water partition coefficient (Wildman–Crippen LogP) is 2.60. The minimum Gasteiger partial charge on any atom is -0.376 e. The van der Waals surface area contributed by atoms with Gasteiger partial charge in [0.05, 0.1) is 0 Å². The third-order valence-electron chi connectivity index (χ3n) is 3.67. The highest BCUT2D eigenvalue weighted by Gasteiger charge is 2.54. The number of aryl methyl sites for hydroxylation is 1. The van der Waals surface area contributed by atoms with Crippen LogP contribution >= 0.6 is 0 Å². The molecule has 0 bridgehead atoms. The van der Waals surface area contributed by atoms with Crippen LogP contribution in [0.25, 0.3) is 0 Å². The molecular weight excluding hydrogens is 309 g/mol. The number of nitrogens with zero attached hydrogens (tertiary/aromatic N) is 1. The van der Waals surface area contributed by atoms with Gasteiger partial charge in [-0.05, 0) is 17.7 Å². The van der Waals surface area contributed by atoms with Gasteiger partial charge in [0.25, 0.3) is 5.91 Å². The number of nitrogens with one attached hydrogen (secondary N) is 1. The molecule has 2 aromatic rings. The lowest BCUT2D eigenvalue weighted by atomic mass is 9.89. The van der Waals surface area contributed by atoms with E-state index in [-0.39, 0.29) is 12.1 Å². The summed E-state index contributed by atoms with van der Waals surface area (Å²) in [7, 11) is 1.66. The summed E-state index contributed by atoms with van der Waals surface area (Å²) in [5, 5.41) is 12.5. The molecule has 1 amide bonds. The van der Waals surface area contributed by atoms with E-state index >= 15 is 0 Å². The number of hydrogen-bond acceptors (Lipinski definition) is 2. The van der Waals surface area contributed by atoms with Crippen molar-refractivity contribution >= 4 is 5.91 Å². The van der Waals surface area contributed by atoms with Crippen molar-refractivity contribution in [3.8, 4) is 0 Å². The van der Waals surface area contributed by atoms with Crippen LogP contribution in [0.5, 0.6) is 0 Å². The van der Waals surface area contributed by atoms with Gasteiger partial charge < -0.3 is 15.0 Å². The maximum absolute atomic E-state index is 13.3. The number of benzene rings is 1. The SMILES string of the molecule is Cn1cccc1C(=O)NCC[C@@](O)(c1ccccc1)C(F)(F)F. The average Bonchev–Trinajstić information content (AvgIpc) is 2.93. The molecule has 1 aromatic heterocycles. The van der Waals surface area contributed by atoms with Crippen molar-refractivity contribution in [3.05, 3.63) is 59.9 Å². The lowest BCUT2D eigenvalue weighted by Gasteiger charge is -2.31. The first-order valence-corrected chi connectivity index (χ1v) is 7.00. The van der Waals surface area contributed by atoms with Crippen LogP contribution in [0.1, 0.15) is 22.5 Å². The fourth-order valence-corrected chi connectivity index (χ4v) is 2.31. The van der Waals surface area contributed by atoms with E-state index in [1.165, 1.54) is 24.3 Å². The molecule has 0 saturated heterocycles. The maximum atomic E-state index is 13.3. The fourth-order valence-electron chi connectivity index (χ4n) is 2.31. The molecule has 0 saturated carbocycles. The van der Waals surface area contributed by atoms with Gasteiger partial charge in [0.1, 0.15) is 5.69 Å². The standard InChI is InChI=1S/C16H17F3N2O2/c1-21-11-5-8-13(21)14(22)20-10-9-15(23,16(17,18)19)12-6-3-2-4-7-12/h2-8,11,23H,9-10H2,1H3,(H,20,22)/t15-/m1/s1. The number of aromatic nitrogens is 1. The van der Waals surface area contributed by atoms with Crippen LogP contribution in [0.15, 0.2) is 48.7 Å². The van der Waals surface area contributed by atoms with Gasteiger partial charge in [0.15, 0.2) is 5.60 Å². The average molecular weight is 326 g/mol. The predicted molar refractivity (Wildman–Crippen MR) is 78.8 cm³/mol. The Hall–Kier alpha value is -2.28. The van der Waals surface area contributed by atoms with E-state index in [4.69, 9.17) is 0 Å². The van der Waals surface area contributed by atoms with Gasteiger partial charge in [0, 0.05) is 26.2 Å². The fraction of sp³-hybridized carbons (Fsp3) is 0.312. The normalized spacial score (nSPS) is 14.3. The van der Waals surface area contributed by atoms with E-state index in [0.717, 1.165) is 0 Å². The van der Waals surface area contributed by atoms with Crippen molar-refractivity contribution < 1.29 is 23.1 Å². The second-order valence-electron chi connectivity index (χ2n) is 5.23. The molecule has 0 spiro atoms. The minimum atomic E-state index is -4.84. The van der Waals surface area contributed by atoms with Crippen LogP contribution in [0.2, 0.25) is 0 Å². The van der Waals surface area contributed by atoms with E-state index in [2.05, 4.69) is 5.32 Å². The quantitative estimate of drug-likeness (QED) is 0.887. The number of amides is 1. The summed E-state index contributed by atoms with van der Waals surface area (Å²) in [5.41, 5.74) is -2.92. The van der Waals surface area contributed by atoms with E-state index in [0.29, 0.717) is 5.69 Å². The van der Waals surface area contributed by atoms with Gasteiger partial charge in [-0.3, -0.25) is 4.79 Å². The molecule has 0 unspecified atom stereocenters. The Balaban J connectivity index is 2.09. The Kier molecular flexibility index (Phi) is 4.79. The third-order valence-corrected chi connectivity index (χ3v) is 3.67. The number of hydrogen-bond donors (Lipinski definition) is 2. The van der Waals surface area contributed by atoms with Crippen LogP contribution in [0, 0.1) is 0 Å². The molecule has 124 valence electrons. The Bertz CT molecular complexity index is 667. The molecule has 0 fully saturated rings. The number of rotatable bonds is 5. The number of carbonyl (C=O) groups excluding carboxylic acids is 1. The number of alkyl halides is 3. The summed E-state index contributed by atoms with van der Waals surface area (Å²) in [4.78, 5) is 11.9. The molecular formula is C16H17F3N2O2. The topological polar surface area (TPSA) is 54.3 Å². The second-order valence-corrected chi connectivity index (χ2v) is 5.23. The van der Waals surface area contributed by atoms with Gasteiger partial charge in [-0.15, -0.1) is 0 Å². The molecule has 1 aromatic carbocycles. The summed E-state index contributed by atoms with van der Waals surface area (Å²) in [6.07, 6.45) is -3.86. The maximum Gasteiger partial charge on any atom is 0.421 e. The highest BCUT2D eigenvalue weighted by Crippen LogP contribution is 2.41. The molecule has 4 nitrogen and oxygen atoms in total. The van der Waals surface area contributed by atoms with Gasteiger partial charge in [0.2, 0.25) is 0 Å². The molecule has 0 aliphatic carbocycles.